The molecular weight excluding hydrogens is 282 g/mol. The maximum atomic E-state index is 13.1. The van der Waals surface area contributed by atoms with Crippen molar-refractivity contribution in [2.24, 2.45) is 0 Å². The van der Waals surface area contributed by atoms with Crippen LogP contribution in [0.2, 0.25) is 0 Å². The van der Waals surface area contributed by atoms with Crippen LogP contribution < -0.4 is 0 Å². The molecule has 1 rings (SSSR count). The zero-order chi connectivity index (χ0) is 12.5. The summed E-state index contributed by atoms with van der Waals surface area (Å²) in [5.41, 5.74) is -0.843. The van der Waals surface area contributed by atoms with Crippen molar-refractivity contribution in [1.29, 1.82) is 0 Å². The minimum absolute atomic E-state index is 0.145. The monoisotopic (exact) mass is 292 g/mol. The van der Waals surface area contributed by atoms with Crippen LogP contribution in [0.1, 0.15) is 31.1 Å². The maximum Gasteiger partial charge on any atom is 0.338 e. The second kappa shape index (κ2) is 4.49. The van der Waals surface area contributed by atoms with Gasteiger partial charge in [-0.3, -0.25) is 0 Å². The number of hydrogen-bond donors (Lipinski definition) is 0. The minimum Gasteiger partial charge on any atom is -0.456 e. The molecule has 0 aromatic heterocycles. The van der Waals surface area contributed by atoms with Gasteiger partial charge in [0.15, 0.2) is 0 Å². The van der Waals surface area contributed by atoms with Gasteiger partial charge in [0.1, 0.15) is 17.2 Å². The first-order valence-corrected chi connectivity index (χ1v) is 5.38. The van der Waals surface area contributed by atoms with Crippen LogP contribution in [-0.4, -0.2) is 11.6 Å². The number of halogens is 3. The zero-order valence-electron chi connectivity index (χ0n) is 9.11. The van der Waals surface area contributed by atoms with Crippen molar-refractivity contribution in [2.75, 3.05) is 0 Å². The first-order valence-electron chi connectivity index (χ1n) is 4.58. The van der Waals surface area contributed by atoms with E-state index < -0.39 is 23.2 Å². The summed E-state index contributed by atoms with van der Waals surface area (Å²) in [6.45, 7) is 5.03. The number of hydrogen-bond acceptors (Lipinski definition) is 2. The van der Waals surface area contributed by atoms with E-state index in [0.717, 1.165) is 12.1 Å². The van der Waals surface area contributed by atoms with Crippen LogP contribution in [0.5, 0.6) is 0 Å². The molecule has 0 unspecified atom stereocenters. The smallest absolute Gasteiger partial charge is 0.338 e. The molecule has 5 heteroatoms. The van der Waals surface area contributed by atoms with E-state index in [-0.39, 0.29) is 10.0 Å². The van der Waals surface area contributed by atoms with Crippen molar-refractivity contribution in [3.63, 3.8) is 0 Å². The van der Waals surface area contributed by atoms with Gasteiger partial charge in [0.05, 0.1) is 10.0 Å². The molecule has 0 saturated carbocycles. The van der Waals surface area contributed by atoms with E-state index in [4.69, 9.17) is 4.74 Å². The zero-order valence-corrected chi connectivity index (χ0v) is 10.7. The lowest BCUT2D eigenvalue weighted by Gasteiger charge is -2.19. The molecule has 0 amide bonds. The highest BCUT2D eigenvalue weighted by molar-refractivity contribution is 9.10. The fourth-order valence-corrected chi connectivity index (χ4v) is 1.24. The highest BCUT2D eigenvalue weighted by Gasteiger charge is 2.20. The van der Waals surface area contributed by atoms with Gasteiger partial charge in [0.25, 0.3) is 0 Å². The molecule has 0 saturated heterocycles. The van der Waals surface area contributed by atoms with Crippen LogP contribution in [0.15, 0.2) is 16.6 Å². The molecule has 0 atom stereocenters. The van der Waals surface area contributed by atoms with Crippen molar-refractivity contribution in [2.45, 2.75) is 26.4 Å². The van der Waals surface area contributed by atoms with Crippen LogP contribution in [0, 0.1) is 11.6 Å². The molecule has 0 heterocycles. The number of benzene rings is 1. The van der Waals surface area contributed by atoms with E-state index in [2.05, 4.69) is 15.9 Å². The van der Waals surface area contributed by atoms with Gasteiger partial charge in [0, 0.05) is 0 Å². The fraction of sp³-hybridized carbons (Fsp3) is 0.364. The van der Waals surface area contributed by atoms with Crippen molar-refractivity contribution < 1.29 is 18.3 Å². The Morgan fingerprint density at radius 1 is 1.25 bits per heavy atom. The molecule has 0 fully saturated rings. The van der Waals surface area contributed by atoms with Gasteiger partial charge in [0.2, 0.25) is 0 Å². The van der Waals surface area contributed by atoms with Gasteiger partial charge in [-0.25, -0.2) is 13.6 Å². The van der Waals surface area contributed by atoms with Crippen molar-refractivity contribution in [3.05, 3.63) is 33.8 Å². The van der Waals surface area contributed by atoms with Crippen LogP contribution in [0.4, 0.5) is 8.78 Å². The molecular formula is C11H11BrF2O2. The third-order valence-electron chi connectivity index (χ3n) is 1.62. The lowest BCUT2D eigenvalue weighted by Crippen LogP contribution is -2.24. The quantitative estimate of drug-likeness (QED) is 0.583. The second-order valence-corrected chi connectivity index (χ2v) is 5.05. The molecule has 0 radical (unpaired) electrons. The van der Waals surface area contributed by atoms with E-state index in [1.165, 1.54) is 0 Å². The number of rotatable bonds is 1. The predicted molar refractivity (Wildman–Crippen MR) is 59.2 cm³/mol. The standard InChI is InChI=1S/C11H11BrF2O2/c1-11(2,3)16-10(15)6-4-7(13)9(12)8(14)5-6/h4-5H,1-3H3. The van der Waals surface area contributed by atoms with Gasteiger partial charge in [-0.15, -0.1) is 0 Å². The van der Waals surface area contributed by atoms with E-state index in [1.807, 2.05) is 0 Å². The average Bonchev–Trinajstić information content (AvgIpc) is 2.10. The number of carbonyl (C=O) groups excluding carboxylic acids is 1. The summed E-state index contributed by atoms with van der Waals surface area (Å²) in [4.78, 5) is 11.5. The first-order chi connectivity index (χ1) is 7.20. The van der Waals surface area contributed by atoms with Crippen LogP contribution in [0.3, 0.4) is 0 Å². The van der Waals surface area contributed by atoms with Crippen molar-refractivity contribution in [3.8, 4) is 0 Å². The van der Waals surface area contributed by atoms with Crippen LogP contribution in [0.25, 0.3) is 0 Å². The summed E-state index contributed by atoms with van der Waals surface area (Å²) in [5.74, 6) is -2.42. The molecule has 0 N–H and O–H groups in total. The minimum atomic E-state index is -0.833. The van der Waals surface area contributed by atoms with Gasteiger partial charge in [-0.1, -0.05) is 0 Å². The molecule has 88 valence electrons. The maximum absolute atomic E-state index is 13.1. The third kappa shape index (κ3) is 3.27. The van der Waals surface area contributed by atoms with Gasteiger partial charge >= 0.3 is 5.97 Å². The SMILES string of the molecule is CC(C)(C)OC(=O)c1cc(F)c(Br)c(F)c1. The highest BCUT2D eigenvalue weighted by Crippen LogP contribution is 2.22. The molecule has 1 aromatic rings. The summed E-state index contributed by atoms with van der Waals surface area (Å²) in [5, 5.41) is 0. The van der Waals surface area contributed by atoms with E-state index in [9.17, 15) is 13.6 Å². The number of carbonyl (C=O) groups is 1. The van der Waals surface area contributed by atoms with E-state index in [1.54, 1.807) is 20.8 Å². The molecule has 0 aliphatic rings. The fourth-order valence-electron chi connectivity index (χ4n) is 1.01. The number of ether oxygens (including phenoxy) is 1. The molecule has 0 spiro atoms. The summed E-state index contributed by atoms with van der Waals surface area (Å²) in [7, 11) is 0. The van der Waals surface area contributed by atoms with Crippen molar-refractivity contribution >= 4 is 21.9 Å². The topological polar surface area (TPSA) is 26.3 Å². The van der Waals surface area contributed by atoms with Gasteiger partial charge in [-0.05, 0) is 48.8 Å². The predicted octanol–water partition coefficient (Wildman–Crippen LogP) is 3.68. The Bertz CT molecular complexity index is 401. The Hall–Kier alpha value is -0.970. The molecule has 0 aliphatic heterocycles. The largest absolute Gasteiger partial charge is 0.456 e. The Kier molecular flexibility index (Phi) is 3.68. The van der Waals surface area contributed by atoms with Gasteiger partial charge in [-0.2, -0.15) is 0 Å². The normalized spacial score (nSPS) is 11.4. The van der Waals surface area contributed by atoms with E-state index >= 15 is 0 Å². The molecule has 0 aliphatic carbocycles. The van der Waals surface area contributed by atoms with Crippen LogP contribution >= 0.6 is 15.9 Å². The van der Waals surface area contributed by atoms with Crippen molar-refractivity contribution in [1.82, 2.24) is 0 Å². The summed E-state index contributed by atoms with van der Waals surface area (Å²) < 4.78 is 31.0. The third-order valence-corrected chi connectivity index (χ3v) is 2.38. The average molecular weight is 293 g/mol. The van der Waals surface area contributed by atoms with Gasteiger partial charge < -0.3 is 4.74 Å². The summed E-state index contributed by atoms with van der Waals surface area (Å²) in [6, 6.07) is 1.86. The molecule has 0 bridgehead atoms. The second-order valence-electron chi connectivity index (χ2n) is 4.26. The summed E-state index contributed by atoms with van der Waals surface area (Å²) >= 11 is 2.72. The molecule has 16 heavy (non-hydrogen) atoms. The summed E-state index contributed by atoms with van der Waals surface area (Å²) in [6.07, 6.45) is 0. The van der Waals surface area contributed by atoms with Crippen LogP contribution in [-0.2, 0) is 4.74 Å². The molecule has 1 aromatic carbocycles. The first kappa shape index (κ1) is 13.1. The number of esters is 1. The highest BCUT2D eigenvalue weighted by atomic mass is 79.9. The van der Waals surface area contributed by atoms with E-state index in [0.29, 0.717) is 0 Å². The lowest BCUT2D eigenvalue weighted by molar-refractivity contribution is 0.00684. The lowest BCUT2D eigenvalue weighted by atomic mass is 10.1. The Labute approximate surface area is 101 Å². The Morgan fingerprint density at radius 3 is 2.06 bits per heavy atom. The Balaban J connectivity index is 3.02. The molecule has 2 nitrogen and oxygen atoms in total. The Morgan fingerprint density at radius 2 is 1.69 bits per heavy atom.